The molecular formula is C13H14N2O3S. The molecule has 0 aromatic heterocycles. The molecule has 0 saturated heterocycles. The van der Waals surface area contributed by atoms with Crippen molar-refractivity contribution in [1.82, 2.24) is 0 Å². The van der Waals surface area contributed by atoms with E-state index in [4.69, 9.17) is 10.8 Å². The number of benzene rings is 2. The maximum atomic E-state index is 12.1. The number of nitrogen functional groups attached to an aromatic ring is 1. The van der Waals surface area contributed by atoms with E-state index in [-0.39, 0.29) is 11.5 Å². The summed E-state index contributed by atoms with van der Waals surface area (Å²) in [5.74, 6) is 0. The fraction of sp³-hybridized carbons (Fsp3) is 0.0769. The third kappa shape index (κ3) is 3.24. The summed E-state index contributed by atoms with van der Waals surface area (Å²) < 4.78 is 26.6. The molecule has 2 aromatic carbocycles. The fourth-order valence-electron chi connectivity index (χ4n) is 1.57. The molecule has 0 saturated carbocycles. The summed E-state index contributed by atoms with van der Waals surface area (Å²) >= 11 is 0. The van der Waals surface area contributed by atoms with Gasteiger partial charge < -0.3 is 10.8 Å². The van der Waals surface area contributed by atoms with Crippen molar-refractivity contribution in [3.8, 4) is 0 Å². The zero-order valence-electron chi connectivity index (χ0n) is 10.1. The van der Waals surface area contributed by atoms with Gasteiger partial charge >= 0.3 is 0 Å². The maximum Gasteiger partial charge on any atom is 0.261 e. The van der Waals surface area contributed by atoms with E-state index >= 15 is 0 Å². The minimum absolute atomic E-state index is 0.0811. The molecule has 0 fully saturated rings. The van der Waals surface area contributed by atoms with Crippen LogP contribution in [0.4, 0.5) is 11.4 Å². The topological polar surface area (TPSA) is 92.4 Å². The Hall–Kier alpha value is -2.05. The van der Waals surface area contributed by atoms with Crippen LogP contribution in [0.2, 0.25) is 0 Å². The highest BCUT2D eigenvalue weighted by molar-refractivity contribution is 7.92. The number of aliphatic hydroxyl groups excluding tert-OH is 1. The number of anilines is 2. The molecule has 100 valence electrons. The Morgan fingerprint density at radius 3 is 2.37 bits per heavy atom. The number of nitrogens with two attached hydrogens (primary N) is 1. The van der Waals surface area contributed by atoms with Crippen LogP contribution in [-0.2, 0) is 16.6 Å². The van der Waals surface area contributed by atoms with Crippen LogP contribution in [0, 0.1) is 0 Å². The summed E-state index contributed by atoms with van der Waals surface area (Å²) in [5.41, 5.74) is 7.10. The van der Waals surface area contributed by atoms with Crippen LogP contribution in [0.5, 0.6) is 0 Å². The summed E-state index contributed by atoms with van der Waals surface area (Å²) in [6, 6.07) is 12.6. The smallest absolute Gasteiger partial charge is 0.261 e. The Kier molecular flexibility index (Phi) is 3.73. The summed E-state index contributed by atoms with van der Waals surface area (Å²) in [6.45, 7) is -0.0811. The standard InChI is InChI=1S/C13H14N2O3S/c14-11-2-1-3-13(8-11)19(17,18)15-12-6-4-10(9-16)5-7-12/h1-8,15-16H,9,14H2. The lowest BCUT2D eigenvalue weighted by atomic mass is 10.2. The first-order valence-electron chi connectivity index (χ1n) is 5.59. The van der Waals surface area contributed by atoms with Gasteiger partial charge in [-0.1, -0.05) is 18.2 Å². The highest BCUT2D eigenvalue weighted by atomic mass is 32.2. The molecule has 4 N–H and O–H groups in total. The molecule has 5 nitrogen and oxygen atoms in total. The molecule has 0 unspecified atom stereocenters. The predicted octanol–water partition coefficient (Wildman–Crippen LogP) is 1.56. The number of hydrogen-bond donors (Lipinski definition) is 3. The van der Waals surface area contributed by atoms with Gasteiger partial charge in [0.05, 0.1) is 11.5 Å². The van der Waals surface area contributed by atoms with Gasteiger partial charge in [-0.15, -0.1) is 0 Å². The molecule has 0 heterocycles. The number of aliphatic hydroxyl groups is 1. The number of hydrogen-bond acceptors (Lipinski definition) is 4. The average Bonchev–Trinajstić information content (AvgIpc) is 2.39. The van der Waals surface area contributed by atoms with Gasteiger partial charge in [0, 0.05) is 11.4 Å². The minimum Gasteiger partial charge on any atom is -0.399 e. The average molecular weight is 278 g/mol. The van der Waals surface area contributed by atoms with Gasteiger partial charge in [-0.05, 0) is 35.9 Å². The molecule has 0 spiro atoms. The Morgan fingerprint density at radius 1 is 1.11 bits per heavy atom. The normalized spacial score (nSPS) is 11.2. The van der Waals surface area contributed by atoms with Crippen molar-refractivity contribution in [3.63, 3.8) is 0 Å². The summed E-state index contributed by atoms with van der Waals surface area (Å²) in [5, 5.41) is 8.92. The number of nitrogens with one attached hydrogen (secondary N) is 1. The van der Waals surface area contributed by atoms with E-state index in [1.54, 1.807) is 36.4 Å². The van der Waals surface area contributed by atoms with Crippen LogP contribution in [0.15, 0.2) is 53.4 Å². The van der Waals surface area contributed by atoms with Crippen LogP contribution in [0.3, 0.4) is 0 Å². The predicted molar refractivity (Wildman–Crippen MR) is 74.0 cm³/mol. The molecular weight excluding hydrogens is 264 g/mol. The zero-order chi connectivity index (χ0) is 13.9. The first-order chi connectivity index (χ1) is 9.01. The monoisotopic (exact) mass is 278 g/mol. The van der Waals surface area contributed by atoms with E-state index in [0.29, 0.717) is 16.9 Å². The van der Waals surface area contributed by atoms with Crippen molar-refractivity contribution in [3.05, 3.63) is 54.1 Å². The second kappa shape index (κ2) is 5.29. The first kappa shape index (κ1) is 13.4. The van der Waals surface area contributed by atoms with E-state index in [2.05, 4.69) is 4.72 Å². The molecule has 0 aliphatic heterocycles. The van der Waals surface area contributed by atoms with E-state index in [9.17, 15) is 8.42 Å². The summed E-state index contributed by atoms with van der Waals surface area (Å²) in [7, 11) is -3.65. The van der Waals surface area contributed by atoms with Crippen LogP contribution in [-0.4, -0.2) is 13.5 Å². The van der Waals surface area contributed by atoms with Gasteiger partial charge in [0.2, 0.25) is 0 Å². The minimum atomic E-state index is -3.65. The Labute approximate surface area is 111 Å². The number of sulfonamides is 1. The second-order valence-electron chi connectivity index (χ2n) is 4.03. The molecule has 0 radical (unpaired) electrons. The first-order valence-corrected chi connectivity index (χ1v) is 7.08. The second-order valence-corrected chi connectivity index (χ2v) is 5.72. The molecule has 0 bridgehead atoms. The van der Waals surface area contributed by atoms with E-state index in [0.717, 1.165) is 0 Å². The quantitative estimate of drug-likeness (QED) is 0.740. The van der Waals surface area contributed by atoms with Gasteiger partial charge in [-0.3, -0.25) is 4.72 Å². The van der Waals surface area contributed by atoms with Crippen molar-refractivity contribution in [2.75, 3.05) is 10.5 Å². The lowest BCUT2D eigenvalue weighted by molar-refractivity contribution is 0.282. The van der Waals surface area contributed by atoms with Crippen molar-refractivity contribution >= 4 is 21.4 Å². The van der Waals surface area contributed by atoms with E-state index in [1.807, 2.05) is 0 Å². The van der Waals surface area contributed by atoms with Gasteiger partial charge in [-0.25, -0.2) is 8.42 Å². The maximum absolute atomic E-state index is 12.1. The van der Waals surface area contributed by atoms with E-state index in [1.165, 1.54) is 12.1 Å². The van der Waals surface area contributed by atoms with Crippen LogP contribution < -0.4 is 10.5 Å². The molecule has 0 amide bonds. The molecule has 0 aliphatic carbocycles. The van der Waals surface area contributed by atoms with Crippen LogP contribution in [0.25, 0.3) is 0 Å². The van der Waals surface area contributed by atoms with Crippen molar-refractivity contribution in [2.45, 2.75) is 11.5 Å². The lowest BCUT2D eigenvalue weighted by Crippen LogP contribution is -2.13. The van der Waals surface area contributed by atoms with Crippen LogP contribution >= 0.6 is 0 Å². The van der Waals surface area contributed by atoms with Gasteiger partial charge in [0.15, 0.2) is 0 Å². The summed E-state index contributed by atoms with van der Waals surface area (Å²) in [4.78, 5) is 0.110. The lowest BCUT2D eigenvalue weighted by Gasteiger charge is -2.09. The van der Waals surface area contributed by atoms with Gasteiger partial charge in [-0.2, -0.15) is 0 Å². The highest BCUT2D eigenvalue weighted by Gasteiger charge is 2.14. The number of rotatable bonds is 4. The van der Waals surface area contributed by atoms with Gasteiger partial charge in [0.25, 0.3) is 10.0 Å². The molecule has 6 heteroatoms. The van der Waals surface area contributed by atoms with Crippen molar-refractivity contribution < 1.29 is 13.5 Å². The summed E-state index contributed by atoms with van der Waals surface area (Å²) in [6.07, 6.45) is 0. The molecule has 2 rings (SSSR count). The SMILES string of the molecule is Nc1cccc(S(=O)(=O)Nc2ccc(CO)cc2)c1. The zero-order valence-corrected chi connectivity index (χ0v) is 10.9. The van der Waals surface area contributed by atoms with Crippen molar-refractivity contribution in [2.24, 2.45) is 0 Å². The fourth-order valence-corrected chi connectivity index (χ4v) is 2.69. The largest absolute Gasteiger partial charge is 0.399 e. The highest BCUT2D eigenvalue weighted by Crippen LogP contribution is 2.18. The molecule has 2 aromatic rings. The molecule has 0 aliphatic rings. The molecule has 19 heavy (non-hydrogen) atoms. The van der Waals surface area contributed by atoms with Crippen LogP contribution in [0.1, 0.15) is 5.56 Å². The molecule has 0 atom stereocenters. The Morgan fingerprint density at radius 2 is 1.79 bits per heavy atom. The van der Waals surface area contributed by atoms with Crippen molar-refractivity contribution in [1.29, 1.82) is 0 Å². The Balaban J connectivity index is 2.25. The van der Waals surface area contributed by atoms with E-state index < -0.39 is 10.0 Å². The Bertz CT molecular complexity index is 667. The third-order valence-electron chi connectivity index (χ3n) is 2.56. The van der Waals surface area contributed by atoms with Gasteiger partial charge in [0.1, 0.15) is 0 Å². The third-order valence-corrected chi connectivity index (χ3v) is 3.94.